The summed E-state index contributed by atoms with van der Waals surface area (Å²) in [5.41, 5.74) is 2.84. The van der Waals surface area contributed by atoms with Crippen molar-refractivity contribution >= 4 is 17.9 Å². The molecule has 1 aliphatic heterocycles. The number of hydrogen-bond donors (Lipinski definition) is 1. The summed E-state index contributed by atoms with van der Waals surface area (Å²) in [5.74, 6) is -2.17. The smallest absolute Gasteiger partial charge is 0.416 e. The van der Waals surface area contributed by atoms with Gasteiger partial charge in [-0.3, -0.25) is 9.59 Å². The highest BCUT2D eigenvalue weighted by Crippen LogP contribution is 2.27. The number of carbonyl (C=O) groups is 3. The van der Waals surface area contributed by atoms with Gasteiger partial charge in [-0.1, -0.05) is 55.5 Å². The second-order valence-electron chi connectivity index (χ2n) is 11.0. The molecule has 3 amide bonds. The van der Waals surface area contributed by atoms with Gasteiger partial charge in [-0.15, -0.1) is 0 Å². The van der Waals surface area contributed by atoms with Crippen molar-refractivity contribution in [1.29, 1.82) is 0 Å². The maximum atomic E-state index is 13.6. The Labute approximate surface area is 265 Å². The molecule has 4 aromatic carbocycles. The number of hydrogen-bond acceptors (Lipinski definition) is 6. The Hall–Kier alpha value is -5.25. The molecule has 1 fully saturated rings. The minimum atomic E-state index is -1.00. The lowest BCUT2D eigenvalue weighted by atomic mass is 9.93. The van der Waals surface area contributed by atoms with Crippen LogP contribution in [0.3, 0.4) is 0 Å². The van der Waals surface area contributed by atoms with Crippen molar-refractivity contribution in [3.63, 3.8) is 0 Å². The lowest BCUT2D eigenvalue weighted by Crippen LogP contribution is -2.44. The molecule has 238 valence electrons. The maximum absolute atomic E-state index is 13.6. The Morgan fingerprint density at radius 1 is 0.913 bits per heavy atom. The van der Waals surface area contributed by atoms with Gasteiger partial charge in [0.2, 0.25) is 5.91 Å². The number of amides is 3. The Morgan fingerprint density at radius 2 is 1.63 bits per heavy atom. The first-order valence-electron chi connectivity index (χ1n) is 15.0. The SMILES string of the molecule is CC[C@@H](Cc1ccc(OC)c(C(=O)NCc2ccc(Oc3ccc(F)c(F)c3)cc2)c1)C(=O)N1C(=O)OC[C@H]1Cc1ccccc1. The van der Waals surface area contributed by atoms with E-state index in [-0.39, 0.29) is 36.8 Å². The highest BCUT2D eigenvalue weighted by atomic mass is 19.2. The van der Waals surface area contributed by atoms with Gasteiger partial charge in [0, 0.05) is 18.5 Å². The number of cyclic esters (lactones) is 1. The predicted molar refractivity (Wildman–Crippen MR) is 167 cm³/mol. The molecule has 1 N–H and O–H groups in total. The van der Waals surface area contributed by atoms with Crippen molar-refractivity contribution in [2.45, 2.75) is 38.8 Å². The maximum Gasteiger partial charge on any atom is 0.416 e. The van der Waals surface area contributed by atoms with E-state index in [0.717, 1.165) is 28.8 Å². The molecule has 0 radical (unpaired) electrons. The van der Waals surface area contributed by atoms with Gasteiger partial charge in [0.25, 0.3) is 5.91 Å². The highest BCUT2D eigenvalue weighted by molar-refractivity contribution is 5.97. The van der Waals surface area contributed by atoms with E-state index in [4.69, 9.17) is 14.2 Å². The Bertz CT molecular complexity index is 1700. The molecule has 1 heterocycles. The van der Waals surface area contributed by atoms with Crippen LogP contribution in [0.2, 0.25) is 0 Å². The molecule has 5 rings (SSSR count). The minimum Gasteiger partial charge on any atom is -0.496 e. The fourth-order valence-electron chi connectivity index (χ4n) is 5.34. The Kier molecular flexibility index (Phi) is 10.3. The largest absolute Gasteiger partial charge is 0.496 e. The first-order chi connectivity index (χ1) is 22.2. The minimum absolute atomic E-state index is 0.146. The molecule has 2 atom stereocenters. The molecule has 0 aliphatic carbocycles. The fraction of sp³-hybridized carbons (Fsp3) is 0.250. The molecular weight excluding hydrogens is 594 g/mol. The van der Waals surface area contributed by atoms with E-state index in [9.17, 15) is 23.2 Å². The Balaban J connectivity index is 1.22. The highest BCUT2D eigenvalue weighted by Gasteiger charge is 2.40. The van der Waals surface area contributed by atoms with E-state index in [1.54, 1.807) is 42.5 Å². The van der Waals surface area contributed by atoms with Crippen molar-refractivity contribution in [1.82, 2.24) is 10.2 Å². The average molecular weight is 629 g/mol. The number of nitrogens with zero attached hydrogens (tertiary/aromatic N) is 1. The fourth-order valence-corrected chi connectivity index (χ4v) is 5.34. The number of rotatable bonds is 12. The summed E-state index contributed by atoms with van der Waals surface area (Å²) in [5, 5.41) is 2.88. The number of methoxy groups -OCH3 is 1. The van der Waals surface area contributed by atoms with Gasteiger partial charge < -0.3 is 19.5 Å². The number of halogens is 2. The third kappa shape index (κ3) is 7.69. The first-order valence-corrected chi connectivity index (χ1v) is 15.0. The van der Waals surface area contributed by atoms with Crippen LogP contribution >= 0.6 is 0 Å². The van der Waals surface area contributed by atoms with Crippen molar-refractivity contribution in [2.24, 2.45) is 5.92 Å². The third-order valence-electron chi connectivity index (χ3n) is 7.85. The van der Waals surface area contributed by atoms with Crippen molar-refractivity contribution in [2.75, 3.05) is 13.7 Å². The lowest BCUT2D eigenvalue weighted by molar-refractivity contribution is -0.133. The van der Waals surface area contributed by atoms with Gasteiger partial charge in [-0.05, 0) is 72.4 Å². The van der Waals surface area contributed by atoms with Crippen LogP contribution in [0.1, 0.15) is 40.4 Å². The molecular formula is C36H34F2N2O6. The van der Waals surface area contributed by atoms with Crippen LogP contribution in [0.15, 0.2) is 91.0 Å². The van der Waals surface area contributed by atoms with Gasteiger partial charge in [-0.2, -0.15) is 0 Å². The molecule has 46 heavy (non-hydrogen) atoms. The van der Waals surface area contributed by atoms with E-state index < -0.39 is 23.6 Å². The number of imide groups is 1. The van der Waals surface area contributed by atoms with Crippen molar-refractivity contribution in [3.05, 3.63) is 125 Å². The van der Waals surface area contributed by atoms with Gasteiger partial charge in [0.05, 0.1) is 18.7 Å². The van der Waals surface area contributed by atoms with Gasteiger partial charge in [0.15, 0.2) is 11.6 Å². The monoisotopic (exact) mass is 628 g/mol. The Morgan fingerprint density at radius 3 is 2.33 bits per heavy atom. The quantitative estimate of drug-likeness (QED) is 0.184. The summed E-state index contributed by atoms with van der Waals surface area (Å²) < 4.78 is 42.9. The molecule has 0 bridgehead atoms. The summed E-state index contributed by atoms with van der Waals surface area (Å²) in [6.07, 6.45) is 0.680. The van der Waals surface area contributed by atoms with E-state index >= 15 is 0 Å². The lowest BCUT2D eigenvalue weighted by Gasteiger charge is -2.24. The van der Waals surface area contributed by atoms with Crippen LogP contribution in [0.4, 0.5) is 13.6 Å². The van der Waals surface area contributed by atoms with E-state index in [1.807, 2.05) is 37.3 Å². The van der Waals surface area contributed by atoms with E-state index in [1.165, 1.54) is 18.1 Å². The number of benzene rings is 4. The number of carbonyl (C=O) groups excluding carboxylic acids is 3. The predicted octanol–water partition coefficient (Wildman–Crippen LogP) is 6.85. The molecule has 0 unspecified atom stereocenters. The zero-order valence-corrected chi connectivity index (χ0v) is 25.5. The summed E-state index contributed by atoms with van der Waals surface area (Å²) in [7, 11) is 1.47. The van der Waals surface area contributed by atoms with E-state index in [0.29, 0.717) is 36.3 Å². The molecule has 1 aliphatic rings. The van der Waals surface area contributed by atoms with Crippen LogP contribution in [-0.2, 0) is 28.9 Å². The second kappa shape index (κ2) is 14.7. The van der Waals surface area contributed by atoms with Crippen molar-refractivity contribution < 1.29 is 37.4 Å². The standard InChI is InChI=1S/C36H34F2N2O6/c1-3-26(35(42)40-27(22-45-36(40)43)18-23-7-5-4-6-8-23)17-25-11-16-33(44-2)30(19-25)34(41)39-21-24-9-12-28(13-10-24)46-29-14-15-31(37)32(38)20-29/h4-16,19-20,26-27H,3,17-18,21-22H2,1-2H3,(H,39,41)/t26-,27+/m0/s1. The summed E-state index contributed by atoms with van der Waals surface area (Å²) in [6.45, 7) is 2.24. The van der Waals surface area contributed by atoms with Crippen molar-refractivity contribution in [3.8, 4) is 17.2 Å². The van der Waals surface area contributed by atoms with Crippen LogP contribution in [0.5, 0.6) is 17.2 Å². The summed E-state index contributed by atoms with van der Waals surface area (Å²) in [4.78, 5) is 40.7. The van der Waals surface area contributed by atoms with E-state index in [2.05, 4.69) is 5.32 Å². The second-order valence-corrected chi connectivity index (χ2v) is 11.0. The zero-order chi connectivity index (χ0) is 32.6. The molecule has 10 heteroatoms. The van der Waals surface area contributed by atoms with Crippen LogP contribution < -0.4 is 14.8 Å². The van der Waals surface area contributed by atoms with Crippen LogP contribution in [-0.4, -0.2) is 42.6 Å². The van der Waals surface area contributed by atoms with Gasteiger partial charge >= 0.3 is 6.09 Å². The van der Waals surface area contributed by atoms with Gasteiger partial charge in [-0.25, -0.2) is 18.5 Å². The molecule has 0 saturated carbocycles. The normalized spacial score (nSPS) is 14.8. The van der Waals surface area contributed by atoms with Crippen LogP contribution in [0.25, 0.3) is 0 Å². The van der Waals surface area contributed by atoms with Crippen LogP contribution in [0, 0.1) is 17.6 Å². The molecule has 0 spiro atoms. The zero-order valence-electron chi connectivity index (χ0n) is 25.5. The van der Waals surface area contributed by atoms with Gasteiger partial charge in [0.1, 0.15) is 23.9 Å². The molecule has 4 aromatic rings. The summed E-state index contributed by atoms with van der Waals surface area (Å²) in [6, 6.07) is 24.6. The number of ether oxygens (including phenoxy) is 3. The average Bonchev–Trinajstić information content (AvgIpc) is 3.44. The molecule has 0 aromatic heterocycles. The first kappa shape index (κ1) is 32.2. The number of nitrogens with one attached hydrogen (secondary N) is 1. The molecule has 8 nitrogen and oxygen atoms in total. The third-order valence-corrected chi connectivity index (χ3v) is 7.85. The summed E-state index contributed by atoms with van der Waals surface area (Å²) >= 11 is 0. The topological polar surface area (TPSA) is 94.2 Å². The molecule has 1 saturated heterocycles.